The number of aliphatic hydroxyl groups excluding tert-OH is 1. The van der Waals surface area contributed by atoms with Crippen molar-refractivity contribution >= 4 is 33.7 Å². The largest absolute Gasteiger partial charge is 0.466 e. The Labute approximate surface area is 204 Å². The number of hydrogen-bond donors (Lipinski definition) is 2. The van der Waals surface area contributed by atoms with Gasteiger partial charge in [-0.15, -0.1) is 0 Å². The Bertz CT molecular complexity index is 774. The summed E-state index contributed by atoms with van der Waals surface area (Å²) in [6.45, 7) is 5.68. The highest BCUT2D eigenvalue weighted by Crippen LogP contribution is 2.60. The fraction of sp³-hybridized carbons (Fsp3) is 0.875. The number of nitrogens with one attached hydrogen (secondary N) is 1. The van der Waals surface area contributed by atoms with Crippen LogP contribution >= 0.6 is 15.9 Å². The summed E-state index contributed by atoms with van der Waals surface area (Å²) in [6, 6.07) is -1.33. The van der Waals surface area contributed by atoms with E-state index in [4.69, 9.17) is 9.47 Å². The maximum absolute atomic E-state index is 14.0. The Balaban J connectivity index is 1.74. The minimum atomic E-state index is -1.10. The molecule has 1 unspecified atom stereocenters. The smallest absolute Gasteiger partial charge is 0.312 e. The van der Waals surface area contributed by atoms with E-state index >= 15 is 0 Å². The monoisotopic (exact) mass is 528 g/mol. The number of ether oxygens (including phenoxy) is 2. The molecule has 3 heterocycles. The molecule has 186 valence electrons. The zero-order chi connectivity index (χ0) is 23.9. The summed E-state index contributed by atoms with van der Waals surface area (Å²) in [5.74, 6) is -2.53. The molecule has 0 aromatic carbocycles. The fourth-order valence-corrected chi connectivity index (χ4v) is 7.52. The average Bonchev–Trinajstić information content (AvgIpc) is 3.39. The lowest BCUT2D eigenvalue weighted by molar-refractivity contribution is -0.155. The van der Waals surface area contributed by atoms with Gasteiger partial charge in [0.15, 0.2) is 0 Å². The number of aliphatic hydroxyl groups is 1. The Morgan fingerprint density at radius 2 is 2.00 bits per heavy atom. The number of alkyl halides is 1. The molecule has 3 aliphatic heterocycles. The lowest BCUT2D eigenvalue weighted by Gasteiger charge is -2.39. The molecule has 0 aromatic heterocycles. The van der Waals surface area contributed by atoms with Crippen LogP contribution in [0.2, 0.25) is 0 Å². The highest BCUT2D eigenvalue weighted by atomic mass is 79.9. The Hall–Kier alpha value is -1.19. The van der Waals surface area contributed by atoms with Crippen molar-refractivity contribution in [2.75, 3.05) is 13.2 Å². The maximum Gasteiger partial charge on any atom is 0.312 e. The summed E-state index contributed by atoms with van der Waals surface area (Å²) in [7, 11) is 0. The van der Waals surface area contributed by atoms with Gasteiger partial charge in [0, 0.05) is 10.9 Å². The van der Waals surface area contributed by atoms with Gasteiger partial charge in [-0.05, 0) is 32.1 Å². The van der Waals surface area contributed by atoms with Crippen LogP contribution in [0.3, 0.4) is 0 Å². The standard InChI is InChI=1S/C24H37BrN2O6/c1-4-13(3)16(12-28)27-20(21(29)26-14-9-7-6-8-10-14)24-11-15(25)19(33-24)17(18(24)22(27)30)23(31)32-5-2/h13-20,28H,4-12H2,1-3H3,(H,26,29)/t13-,15?,16-,17-,18+,19-,20-,24+/m0/s1. The molecule has 1 spiro atoms. The number of amides is 2. The molecule has 4 fully saturated rings. The number of nitrogens with zero attached hydrogens (tertiary/aromatic N) is 1. The summed E-state index contributed by atoms with van der Waals surface area (Å²) in [6.07, 6.45) is 5.86. The lowest BCUT2D eigenvalue weighted by atomic mass is 9.70. The van der Waals surface area contributed by atoms with Crippen molar-refractivity contribution in [3.8, 4) is 0 Å². The molecule has 4 rings (SSSR count). The zero-order valence-electron chi connectivity index (χ0n) is 19.8. The number of carbonyl (C=O) groups is 3. The quantitative estimate of drug-likeness (QED) is 0.369. The van der Waals surface area contributed by atoms with Crippen molar-refractivity contribution in [2.24, 2.45) is 17.8 Å². The SMILES string of the molecule is CCOC(=O)[C@@H]1[C@H]2O[C@@]3(CC2Br)[C@H](C(=O)NC2CCCCC2)N([C@@H](CO)[C@@H](C)CC)C(=O)[C@@H]13. The number of likely N-dealkylation sites (tertiary alicyclic amines) is 1. The fourth-order valence-electron chi connectivity index (χ4n) is 6.57. The third kappa shape index (κ3) is 4.01. The number of carbonyl (C=O) groups excluding carboxylic acids is 3. The molecule has 1 saturated carbocycles. The summed E-state index contributed by atoms with van der Waals surface area (Å²) in [4.78, 5) is 42.1. The van der Waals surface area contributed by atoms with Crippen molar-refractivity contribution in [3.05, 3.63) is 0 Å². The number of esters is 1. The van der Waals surface area contributed by atoms with Gasteiger partial charge >= 0.3 is 5.97 Å². The van der Waals surface area contributed by atoms with Crippen molar-refractivity contribution in [1.29, 1.82) is 0 Å². The van der Waals surface area contributed by atoms with Crippen LogP contribution in [0.15, 0.2) is 0 Å². The molecule has 1 aliphatic carbocycles. The second-order valence-electron chi connectivity index (χ2n) is 10.1. The van der Waals surface area contributed by atoms with Crippen molar-refractivity contribution in [1.82, 2.24) is 10.2 Å². The van der Waals surface area contributed by atoms with Crippen LogP contribution in [0.25, 0.3) is 0 Å². The normalized spacial score (nSPS) is 37.7. The second kappa shape index (κ2) is 9.82. The first kappa shape index (κ1) is 24.9. The van der Waals surface area contributed by atoms with Crippen LogP contribution in [0, 0.1) is 17.8 Å². The number of hydrogen-bond acceptors (Lipinski definition) is 6. The molecular weight excluding hydrogens is 492 g/mol. The lowest BCUT2D eigenvalue weighted by Crippen LogP contribution is -2.60. The molecule has 9 heteroatoms. The molecule has 2 N–H and O–H groups in total. The molecule has 0 aromatic rings. The highest BCUT2D eigenvalue weighted by molar-refractivity contribution is 9.09. The van der Waals surface area contributed by atoms with Crippen LogP contribution in [0.5, 0.6) is 0 Å². The van der Waals surface area contributed by atoms with Gasteiger partial charge in [0.25, 0.3) is 0 Å². The first-order chi connectivity index (χ1) is 15.8. The summed E-state index contributed by atoms with van der Waals surface area (Å²) in [5, 5.41) is 13.5. The number of rotatable bonds is 8. The van der Waals surface area contributed by atoms with E-state index in [0.717, 1.165) is 32.1 Å². The molecular formula is C24H37BrN2O6. The molecule has 33 heavy (non-hydrogen) atoms. The van der Waals surface area contributed by atoms with Gasteiger partial charge in [-0.1, -0.05) is 55.5 Å². The van der Waals surface area contributed by atoms with E-state index in [1.54, 1.807) is 11.8 Å². The average molecular weight is 529 g/mol. The Morgan fingerprint density at radius 1 is 1.30 bits per heavy atom. The molecule has 8 nitrogen and oxygen atoms in total. The van der Waals surface area contributed by atoms with Crippen molar-refractivity contribution < 1.29 is 29.0 Å². The van der Waals surface area contributed by atoms with E-state index in [-0.39, 0.29) is 41.8 Å². The Kier molecular flexibility index (Phi) is 7.41. The van der Waals surface area contributed by atoms with E-state index in [9.17, 15) is 19.5 Å². The first-order valence-electron chi connectivity index (χ1n) is 12.5. The molecule has 0 radical (unpaired) electrons. The minimum Gasteiger partial charge on any atom is -0.466 e. The molecule has 8 atom stereocenters. The van der Waals surface area contributed by atoms with Gasteiger partial charge in [-0.25, -0.2) is 0 Å². The molecule has 2 amide bonds. The van der Waals surface area contributed by atoms with E-state index in [2.05, 4.69) is 21.2 Å². The second-order valence-corrected chi connectivity index (χ2v) is 11.3. The first-order valence-corrected chi connectivity index (χ1v) is 13.4. The maximum atomic E-state index is 14.0. The topological polar surface area (TPSA) is 105 Å². The van der Waals surface area contributed by atoms with Gasteiger partial charge in [0.05, 0.1) is 37.2 Å². The Morgan fingerprint density at radius 3 is 2.61 bits per heavy atom. The summed E-state index contributed by atoms with van der Waals surface area (Å²) >= 11 is 3.65. The molecule has 2 bridgehead atoms. The minimum absolute atomic E-state index is 0.0165. The van der Waals surface area contributed by atoms with E-state index in [1.165, 1.54) is 6.42 Å². The summed E-state index contributed by atoms with van der Waals surface area (Å²) in [5.41, 5.74) is -1.10. The van der Waals surface area contributed by atoms with Gasteiger partial charge < -0.3 is 24.8 Å². The van der Waals surface area contributed by atoms with Crippen LogP contribution in [0.1, 0.15) is 65.7 Å². The van der Waals surface area contributed by atoms with Crippen LogP contribution < -0.4 is 5.32 Å². The van der Waals surface area contributed by atoms with Crippen LogP contribution in [0.4, 0.5) is 0 Å². The number of halogens is 1. The third-order valence-corrected chi connectivity index (χ3v) is 9.18. The van der Waals surface area contributed by atoms with Gasteiger partial charge in [-0.2, -0.15) is 0 Å². The van der Waals surface area contributed by atoms with Crippen molar-refractivity contribution in [2.45, 2.75) is 100 Å². The van der Waals surface area contributed by atoms with Crippen molar-refractivity contribution in [3.63, 3.8) is 0 Å². The van der Waals surface area contributed by atoms with E-state index in [0.29, 0.717) is 6.42 Å². The third-order valence-electron chi connectivity index (χ3n) is 8.33. The van der Waals surface area contributed by atoms with E-state index < -0.39 is 41.6 Å². The highest BCUT2D eigenvalue weighted by Gasteiger charge is 2.77. The van der Waals surface area contributed by atoms with Gasteiger partial charge in [0.2, 0.25) is 11.8 Å². The number of fused-ring (bicyclic) bond motifs is 1. The van der Waals surface area contributed by atoms with Gasteiger partial charge in [0.1, 0.15) is 11.6 Å². The van der Waals surface area contributed by atoms with E-state index in [1.807, 2.05) is 13.8 Å². The predicted molar refractivity (Wildman–Crippen MR) is 125 cm³/mol. The van der Waals surface area contributed by atoms with Crippen LogP contribution in [-0.4, -0.2) is 75.7 Å². The molecule has 4 aliphatic rings. The van der Waals surface area contributed by atoms with Gasteiger partial charge in [-0.3, -0.25) is 14.4 Å². The zero-order valence-corrected chi connectivity index (χ0v) is 21.4. The van der Waals surface area contributed by atoms with Crippen LogP contribution in [-0.2, 0) is 23.9 Å². The summed E-state index contributed by atoms with van der Waals surface area (Å²) < 4.78 is 11.8. The predicted octanol–water partition coefficient (Wildman–Crippen LogP) is 2.15. The molecule has 3 saturated heterocycles.